The molecule has 2 nitrogen and oxygen atoms in total. The van der Waals surface area contributed by atoms with Crippen molar-refractivity contribution in [2.75, 3.05) is 5.73 Å². The smallest absolute Gasteiger partial charge is 0.0752 e. The van der Waals surface area contributed by atoms with Crippen LogP contribution in [0.1, 0.15) is 25.0 Å². The Morgan fingerprint density at radius 3 is 2.45 bits per heavy atom. The average Bonchev–Trinajstić information content (AvgIpc) is 2.55. The van der Waals surface area contributed by atoms with Crippen LogP contribution in [0.2, 0.25) is 0 Å². The molecule has 1 aliphatic rings. The summed E-state index contributed by atoms with van der Waals surface area (Å²) >= 11 is 0. The van der Waals surface area contributed by atoms with E-state index in [0.29, 0.717) is 0 Å². The number of anilines is 1. The van der Waals surface area contributed by atoms with E-state index < -0.39 is 0 Å². The molecule has 0 unspecified atom stereocenters. The molecule has 3 aromatic rings. The number of hydrogen-bond donors (Lipinski definition) is 1. The number of benzene rings is 3. The van der Waals surface area contributed by atoms with E-state index in [-0.39, 0.29) is 0 Å². The second kappa shape index (κ2) is 5.64. The van der Waals surface area contributed by atoms with Crippen molar-refractivity contribution in [2.24, 2.45) is 4.99 Å². The lowest BCUT2D eigenvalue weighted by Crippen LogP contribution is -2.18. The van der Waals surface area contributed by atoms with E-state index in [2.05, 4.69) is 30.8 Å². The van der Waals surface area contributed by atoms with Crippen LogP contribution in [0.4, 0.5) is 11.4 Å². The molecule has 0 amide bonds. The minimum atomic E-state index is 0.823. The Balaban J connectivity index is 0.000000693. The molecule has 22 heavy (non-hydrogen) atoms. The predicted octanol–water partition coefficient (Wildman–Crippen LogP) is 3.71. The van der Waals surface area contributed by atoms with Crippen molar-refractivity contribution >= 4 is 28.7 Å². The topological polar surface area (TPSA) is 38.4 Å². The summed E-state index contributed by atoms with van der Waals surface area (Å²) in [5.41, 5.74) is 10.5. The van der Waals surface area contributed by atoms with Crippen molar-refractivity contribution in [2.45, 2.75) is 20.3 Å². The highest BCUT2D eigenvalue weighted by molar-refractivity contribution is 6.01. The third kappa shape index (κ3) is 2.27. The molecule has 0 radical (unpaired) electrons. The third-order valence-corrected chi connectivity index (χ3v) is 3.88. The molecular weight excluding hydrogens is 268 g/mol. The molecule has 4 rings (SSSR count). The average molecular weight is 288 g/mol. The third-order valence-electron chi connectivity index (χ3n) is 3.88. The summed E-state index contributed by atoms with van der Waals surface area (Å²) in [7, 11) is 0. The summed E-state index contributed by atoms with van der Waals surface area (Å²) in [6.45, 7) is 7.99. The van der Waals surface area contributed by atoms with Crippen LogP contribution in [0.5, 0.6) is 0 Å². The zero-order valence-electron chi connectivity index (χ0n) is 13.1. The number of rotatable bonds is 0. The predicted molar refractivity (Wildman–Crippen MR) is 94.9 cm³/mol. The Morgan fingerprint density at radius 1 is 0.955 bits per heavy atom. The van der Waals surface area contributed by atoms with Crippen LogP contribution >= 0.6 is 0 Å². The molecule has 0 aliphatic carbocycles. The van der Waals surface area contributed by atoms with Gasteiger partial charge in [0.05, 0.1) is 11.0 Å². The number of nitrogen functional groups attached to an aromatic ring is 1. The largest absolute Gasteiger partial charge is 0.398 e. The van der Waals surface area contributed by atoms with E-state index in [0.717, 1.165) is 39.1 Å². The first-order valence-electron chi connectivity index (χ1n) is 7.69. The molecule has 0 saturated heterocycles. The van der Waals surface area contributed by atoms with Gasteiger partial charge in [0.1, 0.15) is 0 Å². The van der Waals surface area contributed by atoms with Crippen molar-refractivity contribution in [1.82, 2.24) is 0 Å². The minimum Gasteiger partial charge on any atom is -0.398 e. The lowest BCUT2D eigenvalue weighted by Gasteiger charge is -2.16. The summed E-state index contributed by atoms with van der Waals surface area (Å²) in [5, 5.41) is 4.27. The molecule has 0 aromatic heterocycles. The van der Waals surface area contributed by atoms with Gasteiger partial charge in [0.2, 0.25) is 0 Å². The van der Waals surface area contributed by atoms with E-state index in [4.69, 9.17) is 10.7 Å². The lowest BCUT2D eigenvalue weighted by molar-refractivity contribution is 1.08. The molecule has 2 heteroatoms. The Kier molecular flexibility index (Phi) is 3.68. The SMILES string of the molecule is C=c1ccc2c(c1)Cc1cc(N)c3ccccc3c1N=2.CC. The minimum absolute atomic E-state index is 0.823. The van der Waals surface area contributed by atoms with Gasteiger partial charge in [0.15, 0.2) is 0 Å². The van der Waals surface area contributed by atoms with Crippen molar-refractivity contribution in [3.8, 4) is 0 Å². The van der Waals surface area contributed by atoms with Gasteiger partial charge in [-0.15, -0.1) is 0 Å². The standard InChI is InChI=1S/C18H14N2.C2H6/c1-11-6-7-17-12(8-11)9-13-10-16(19)14-4-2-3-5-15(14)18(13)20-17;1-2/h2-8,10H,1,9,19H2;1-2H3. The Bertz CT molecular complexity index is 955. The van der Waals surface area contributed by atoms with Crippen molar-refractivity contribution < 1.29 is 0 Å². The molecule has 0 atom stereocenters. The highest BCUT2D eigenvalue weighted by atomic mass is 14.8. The lowest BCUT2D eigenvalue weighted by atomic mass is 9.94. The van der Waals surface area contributed by atoms with E-state index >= 15 is 0 Å². The Morgan fingerprint density at radius 2 is 1.68 bits per heavy atom. The van der Waals surface area contributed by atoms with Crippen LogP contribution in [0.25, 0.3) is 17.4 Å². The van der Waals surface area contributed by atoms with Crippen molar-refractivity contribution in [3.63, 3.8) is 0 Å². The molecule has 0 saturated carbocycles. The van der Waals surface area contributed by atoms with E-state index in [9.17, 15) is 0 Å². The number of fused-ring (bicyclic) bond motifs is 4. The maximum Gasteiger partial charge on any atom is 0.0752 e. The monoisotopic (exact) mass is 288 g/mol. The zero-order valence-corrected chi connectivity index (χ0v) is 13.1. The summed E-state index contributed by atoms with van der Waals surface area (Å²) < 4.78 is 0. The number of hydrogen-bond acceptors (Lipinski definition) is 2. The van der Waals surface area contributed by atoms with Gasteiger partial charge in [-0.2, -0.15) is 0 Å². The van der Waals surface area contributed by atoms with E-state index in [1.54, 1.807) is 0 Å². The molecule has 0 fully saturated rings. The highest BCUT2D eigenvalue weighted by Crippen LogP contribution is 2.36. The van der Waals surface area contributed by atoms with Crippen LogP contribution in [0, 0.1) is 0 Å². The van der Waals surface area contributed by atoms with Crippen LogP contribution in [-0.4, -0.2) is 0 Å². The van der Waals surface area contributed by atoms with Gasteiger partial charge in [0, 0.05) is 22.9 Å². The molecular formula is C20H20N2. The normalized spacial score (nSPS) is 11.7. The van der Waals surface area contributed by atoms with Crippen LogP contribution in [0.15, 0.2) is 53.5 Å². The fourth-order valence-electron chi connectivity index (χ4n) is 2.93. The van der Waals surface area contributed by atoms with Crippen molar-refractivity contribution in [1.29, 1.82) is 0 Å². The quantitative estimate of drug-likeness (QED) is 0.492. The summed E-state index contributed by atoms with van der Waals surface area (Å²) in [4.78, 5) is 4.84. The molecule has 0 spiro atoms. The van der Waals surface area contributed by atoms with Gasteiger partial charge >= 0.3 is 0 Å². The van der Waals surface area contributed by atoms with Crippen LogP contribution in [-0.2, 0) is 6.42 Å². The van der Waals surface area contributed by atoms with Gasteiger partial charge in [-0.3, -0.25) is 0 Å². The molecule has 1 heterocycles. The van der Waals surface area contributed by atoms with Gasteiger partial charge < -0.3 is 5.73 Å². The summed E-state index contributed by atoms with van der Waals surface area (Å²) in [6, 6.07) is 16.4. The first-order valence-corrected chi connectivity index (χ1v) is 7.69. The van der Waals surface area contributed by atoms with E-state index in [1.807, 2.05) is 38.1 Å². The second-order valence-corrected chi connectivity index (χ2v) is 5.27. The van der Waals surface area contributed by atoms with Crippen molar-refractivity contribution in [3.05, 3.63) is 70.2 Å². The summed E-state index contributed by atoms with van der Waals surface area (Å²) in [6.07, 6.45) is 0.868. The highest BCUT2D eigenvalue weighted by Gasteiger charge is 2.15. The second-order valence-electron chi connectivity index (χ2n) is 5.27. The Labute approximate surface area is 130 Å². The van der Waals surface area contributed by atoms with Crippen LogP contribution in [0.3, 0.4) is 0 Å². The van der Waals surface area contributed by atoms with Gasteiger partial charge in [-0.25, -0.2) is 4.99 Å². The number of nitrogens with two attached hydrogens (primary N) is 1. The zero-order chi connectivity index (χ0) is 15.7. The van der Waals surface area contributed by atoms with Gasteiger partial charge in [0.25, 0.3) is 0 Å². The molecule has 2 N–H and O–H groups in total. The first kappa shape index (κ1) is 14.3. The molecule has 3 aromatic carbocycles. The van der Waals surface area contributed by atoms with Gasteiger partial charge in [-0.1, -0.05) is 50.8 Å². The number of nitrogens with zero attached hydrogens (tertiary/aromatic N) is 1. The molecule has 1 aliphatic heterocycles. The van der Waals surface area contributed by atoms with E-state index in [1.165, 1.54) is 11.1 Å². The molecule has 110 valence electrons. The first-order chi connectivity index (χ1) is 10.7. The fourth-order valence-corrected chi connectivity index (χ4v) is 2.93. The van der Waals surface area contributed by atoms with Crippen LogP contribution < -0.4 is 16.3 Å². The molecule has 0 bridgehead atoms. The maximum absolute atomic E-state index is 6.18. The Hall–Kier alpha value is -2.61. The summed E-state index contributed by atoms with van der Waals surface area (Å²) in [5.74, 6) is 0. The fraction of sp³-hybridized carbons (Fsp3) is 0.150. The van der Waals surface area contributed by atoms with Gasteiger partial charge in [-0.05, 0) is 34.5 Å². The maximum atomic E-state index is 6.18.